The van der Waals surface area contributed by atoms with E-state index >= 15 is 0 Å². The average Bonchev–Trinajstić information content (AvgIpc) is 2.39. The van der Waals surface area contributed by atoms with Crippen molar-refractivity contribution in [2.75, 3.05) is 0 Å². The van der Waals surface area contributed by atoms with Gasteiger partial charge in [0.2, 0.25) is 0 Å². The molecule has 0 unspecified atom stereocenters. The summed E-state index contributed by atoms with van der Waals surface area (Å²) in [6.45, 7) is 1.96. The minimum Gasteiger partial charge on any atom is -0.478 e. The Labute approximate surface area is 115 Å². The lowest BCUT2D eigenvalue weighted by atomic mass is 10.1. The molecule has 0 spiro atoms. The monoisotopic (exact) mass is 277 g/mol. The molecule has 2 aromatic heterocycles. The van der Waals surface area contributed by atoms with E-state index in [1.807, 2.05) is 6.92 Å². The third-order valence-corrected chi connectivity index (χ3v) is 2.86. The van der Waals surface area contributed by atoms with Gasteiger partial charge in [-0.15, -0.1) is 0 Å². The lowest BCUT2D eigenvalue weighted by molar-refractivity contribution is 0.0694. The van der Waals surface area contributed by atoms with Crippen molar-refractivity contribution in [2.45, 2.75) is 19.8 Å². The molecule has 0 fully saturated rings. The first kappa shape index (κ1) is 13.4. The van der Waals surface area contributed by atoms with Crippen molar-refractivity contribution in [1.82, 2.24) is 15.0 Å². The Morgan fingerprint density at radius 3 is 2.84 bits per heavy atom. The number of aromatic carboxylic acids is 1. The minimum absolute atomic E-state index is 0.123. The molecule has 0 aliphatic carbocycles. The molecule has 6 heteroatoms. The Kier molecular flexibility index (Phi) is 4.06. The highest BCUT2D eigenvalue weighted by atomic mass is 35.5. The van der Waals surface area contributed by atoms with Crippen LogP contribution in [0.15, 0.2) is 24.5 Å². The molecule has 2 rings (SSSR count). The molecule has 0 atom stereocenters. The van der Waals surface area contributed by atoms with E-state index in [9.17, 15) is 4.79 Å². The van der Waals surface area contributed by atoms with Gasteiger partial charge in [-0.25, -0.2) is 14.8 Å². The van der Waals surface area contributed by atoms with Gasteiger partial charge >= 0.3 is 5.97 Å². The summed E-state index contributed by atoms with van der Waals surface area (Å²) >= 11 is 6.03. The molecular weight excluding hydrogens is 266 g/mol. The van der Waals surface area contributed by atoms with Crippen LogP contribution in [0.1, 0.15) is 29.4 Å². The minimum atomic E-state index is -1.03. The van der Waals surface area contributed by atoms with Crippen molar-refractivity contribution in [3.8, 4) is 11.5 Å². The number of aromatic nitrogens is 3. The Hall–Kier alpha value is -2.01. The average molecular weight is 278 g/mol. The van der Waals surface area contributed by atoms with Crippen LogP contribution in [-0.4, -0.2) is 26.0 Å². The second-order valence-electron chi connectivity index (χ2n) is 3.94. The SMILES string of the molecule is CCCc1nc(-c2ncccc2Cl)ncc1C(=O)O. The molecule has 5 nitrogen and oxygen atoms in total. The van der Waals surface area contributed by atoms with Crippen LogP contribution in [0.25, 0.3) is 11.5 Å². The van der Waals surface area contributed by atoms with Crippen LogP contribution in [0.3, 0.4) is 0 Å². The van der Waals surface area contributed by atoms with E-state index in [1.165, 1.54) is 6.20 Å². The number of carboxylic acids is 1. The van der Waals surface area contributed by atoms with Crippen molar-refractivity contribution in [3.63, 3.8) is 0 Å². The normalized spacial score (nSPS) is 10.4. The van der Waals surface area contributed by atoms with Gasteiger partial charge in [-0.1, -0.05) is 24.9 Å². The standard InChI is InChI=1S/C13H12ClN3O2/c1-2-4-10-8(13(18)19)7-16-12(17-10)11-9(14)5-3-6-15-11/h3,5-7H,2,4H2,1H3,(H,18,19). The molecular formula is C13H12ClN3O2. The fraction of sp³-hybridized carbons (Fsp3) is 0.231. The number of pyridine rings is 1. The second-order valence-corrected chi connectivity index (χ2v) is 4.35. The van der Waals surface area contributed by atoms with E-state index < -0.39 is 5.97 Å². The molecule has 0 radical (unpaired) electrons. The summed E-state index contributed by atoms with van der Waals surface area (Å²) in [4.78, 5) is 23.5. The van der Waals surface area contributed by atoms with Crippen molar-refractivity contribution in [2.24, 2.45) is 0 Å². The van der Waals surface area contributed by atoms with Crippen LogP contribution in [0.2, 0.25) is 5.02 Å². The molecule has 0 bridgehead atoms. The summed E-state index contributed by atoms with van der Waals surface area (Å²) in [7, 11) is 0. The number of rotatable bonds is 4. The largest absolute Gasteiger partial charge is 0.478 e. The summed E-state index contributed by atoms with van der Waals surface area (Å²) < 4.78 is 0. The molecule has 0 aliphatic rings. The summed E-state index contributed by atoms with van der Waals surface area (Å²) in [6, 6.07) is 3.41. The third-order valence-electron chi connectivity index (χ3n) is 2.56. The number of hydrogen-bond acceptors (Lipinski definition) is 4. The molecule has 0 saturated heterocycles. The summed E-state index contributed by atoms with van der Waals surface area (Å²) in [5.74, 6) is -0.679. The van der Waals surface area contributed by atoms with Crippen molar-refractivity contribution >= 4 is 17.6 Å². The van der Waals surface area contributed by atoms with E-state index in [2.05, 4.69) is 15.0 Å². The van der Waals surface area contributed by atoms with Crippen LogP contribution in [-0.2, 0) is 6.42 Å². The van der Waals surface area contributed by atoms with Crippen LogP contribution in [0, 0.1) is 0 Å². The fourth-order valence-corrected chi connectivity index (χ4v) is 1.89. The summed E-state index contributed by atoms with van der Waals surface area (Å²) in [5, 5.41) is 9.52. The maximum Gasteiger partial charge on any atom is 0.339 e. The van der Waals surface area contributed by atoms with Gasteiger partial charge in [0, 0.05) is 12.4 Å². The highest BCUT2D eigenvalue weighted by Crippen LogP contribution is 2.22. The van der Waals surface area contributed by atoms with E-state index in [1.54, 1.807) is 18.3 Å². The number of hydrogen-bond donors (Lipinski definition) is 1. The molecule has 0 aromatic carbocycles. The van der Waals surface area contributed by atoms with E-state index in [4.69, 9.17) is 16.7 Å². The topological polar surface area (TPSA) is 76.0 Å². The van der Waals surface area contributed by atoms with Gasteiger partial charge in [-0.2, -0.15) is 0 Å². The third kappa shape index (κ3) is 2.88. The van der Waals surface area contributed by atoms with Crippen LogP contribution in [0.4, 0.5) is 0 Å². The van der Waals surface area contributed by atoms with Gasteiger partial charge in [-0.3, -0.25) is 4.98 Å². The Morgan fingerprint density at radius 1 is 1.42 bits per heavy atom. The number of carboxylic acid groups (broad SMARTS) is 1. The number of carbonyl (C=O) groups is 1. The molecule has 2 aromatic rings. The second kappa shape index (κ2) is 5.75. The van der Waals surface area contributed by atoms with E-state index in [-0.39, 0.29) is 5.56 Å². The van der Waals surface area contributed by atoms with Crippen LogP contribution in [0.5, 0.6) is 0 Å². The molecule has 2 heterocycles. The van der Waals surface area contributed by atoms with Crippen LogP contribution < -0.4 is 0 Å². The van der Waals surface area contributed by atoms with Gasteiger partial charge in [0.25, 0.3) is 0 Å². The van der Waals surface area contributed by atoms with Gasteiger partial charge < -0.3 is 5.11 Å². The first-order valence-corrected chi connectivity index (χ1v) is 6.21. The Morgan fingerprint density at radius 2 is 2.21 bits per heavy atom. The lowest BCUT2D eigenvalue weighted by Gasteiger charge is -2.07. The first-order chi connectivity index (χ1) is 9.13. The molecule has 0 amide bonds. The molecule has 98 valence electrons. The predicted molar refractivity (Wildman–Crippen MR) is 71.2 cm³/mol. The summed E-state index contributed by atoms with van der Waals surface area (Å²) in [6.07, 6.45) is 4.27. The lowest BCUT2D eigenvalue weighted by Crippen LogP contribution is -2.08. The fourth-order valence-electron chi connectivity index (χ4n) is 1.69. The van der Waals surface area contributed by atoms with Gasteiger partial charge in [0.05, 0.1) is 16.3 Å². The molecule has 1 N–H and O–H groups in total. The zero-order valence-corrected chi connectivity index (χ0v) is 11.1. The van der Waals surface area contributed by atoms with Gasteiger partial charge in [-0.05, 0) is 18.6 Å². The zero-order chi connectivity index (χ0) is 13.8. The first-order valence-electron chi connectivity index (χ1n) is 5.83. The smallest absolute Gasteiger partial charge is 0.339 e. The number of aryl methyl sites for hydroxylation is 1. The molecule has 0 saturated carbocycles. The van der Waals surface area contributed by atoms with Crippen LogP contribution >= 0.6 is 11.6 Å². The molecule has 0 aliphatic heterocycles. The number of halogens is 1. The summed E-state index contributed by atoms with van der Waals surface area (Å²) in [5.41, 5.74) is 1.08. The maximum absolute atomic E-state index is 11.1. The van der Waals surface area contributed by atoms with Crippen molar-refractivity contribution in [1.29, 1.82) is 0 Å². The van der Waals surface area contributed by atoms with Gasteiger partial charge in [0.15, 0.2) is 5.82 Å². The van der Waals surface area contributed by atoms with Gasteiger partial charge in [0.1, 0.15) is 5.69 Å². The highest BCUT2D eigenvalue weighted by Gasteiger charge is 2.15. The van der Waals surface area contributed by atoms with E-state index in [0.717, 1.165) is 6.42 Å². The number of nitrogens with zero attached hydrogens (tertiary/aromatic N) is 3. The van der Waals surface area contributed by atoms with Crippen molar-refractivity contribution < 1.29 is 9.90 Å². The highest BCUT2D eigenvalue weighted by molar-refractivity contribution is 6.32. The van der Waals surface area contributed by atoms with Crippen molar-refractivity contribution in [3.05, 3.63) is 40.8 Å². The Balaban J connectivity index is 2.52. The maximum atomic E-state index is 11.1. The quantitative estimate of drug-likeness (QED) is 0.930. The predicted octanol–water partition coefficient (Wildman–Crippen LogP) is 2.84. The Bertz CT molecular complexity index is 617. The van der Waals surface area contributed by atoms with E-state index in [0.29, 0.717) is 28.7 Å². The molecule has 19 heavy (non-hydrogen) atoms. The zero-order valence-electron chi connectivity index (χ0n) is 10.3.